The number of nitrogens with one attached hydrogen (secondary N) is 2. The summed E-state index contributed by atoms with van der Waals surface area (Å²) in [6.45, 7) is 5.40. The summed E-state index contributed by atoms with van der Waals surface area (Å²) < 4.78 is 27.8. The van der Waals surface area contributed by atoms with E-state index in [4.69, 9.17) is 11.1 Å². The molecule has 0 saturated carbocycles. The van der Waals surface area contributed by atoms with Crippen molar-refractivity contribution in [2.45, 2.75) is 63.2 Å². The fourth-order valence-corrected chi connectivity index (χ4v) is 7.61. The SMILES string of the molecule is CNC(=O)CCCC1CCN(C(=O)[C@H](Cc2cccc(C(=N)N)c2)CS(=O)(=O)c2cccc(-c3ccc(C(C)C)cc3)c2)CC1. The largest absolute Gasteiger partial charge is 0.384 e. The Morgan fingerprint density at radius 1 is 0.978 bits per heavy atom. The summed E-state index contributed by atoms with van der Waals surface area (Å²) in [5.41, 5.74) is 9.97. The number of carbonyl (C=O) groups is 2. The Balaban J connectivity index is 1.53. The molecule has 1 aliphatic rings. The average Bonchev–Trinajstić information content (AvgIpc) is 3.04. The fourth-order valence-electron chi connectivity index (χ4n) is 6.04. The molecule has 4 N–H and O–H groups in total. The maximum Gasteiger partial charge on any atom is 0.227 e. The van der Waals surface area contributed by atoms with Gasteiger partial charge in [0.25, 0.3) is 0 Å². The number of sulfone groups is 1. The predicted molar refractivity (Wildman–Crippen MR) is 180 cm³/mol. The van der Waals surface area contributed by atoms with Crippen molar-refractivity contribution in [3.05, 3.63) is 89.5 Å². The molecule has 0 radical (unpaired) electrons. The Kier molecular flexibility index (Phi) is 11.6. The molecule has 4 rings (SSSR count). The third kappa shape index (κ3) is 9.26. The number of nitrogen functional groups attached to an aromatic ring is 1. The van der Waals surface area contributed by atoms with Crippen LogP contribution in [-0.2, 0) is 25.8 Å². The molecule has 3 aromatic carbocycles. The average molecular weight is 631 g/mol. The zero-order valence-corrected chi connectivity index (χ0v) is 27.4. The van der Waals surface area contributed by atoms with Crippen molar-refractivity contribution in [3.8, 4) is 11.1 Å². The van der Waals surface area contributed by atoms with E-state index in [9.17, 15) is 18.0 Å². The molecule has 1 fully saturated rings. The van der Waals surface area contributed by atoms with Crippen molar-refractivity contribution in [2.24, 2.45) is 17.6 Å². The first-order valence-electron chi connectivity index (χ1n) is 15.8. The molecule has 0 unspecified atom stereocenters. The zero-order chi connectivity index (χ0) is 32.6. The summed E-state index contributed by atoms with van der Waals surface area (Å²) >= 11 is 0. The van der Waals surface area contributed by atoms with Gasteiger partial charge in [0.05, 0.1) is 16.6 Å². The molecule has 1 aliphatic heterocycles. The number of likely N-dealkylation sites (tertiary alicyclic amines) is 1. The molecule has 3 aromatic rings. The van der Waals surface area contributed by atoms with Crippen molar-refractivity contribution >= 4 is 27.5 Å². The van der Waals surface area contributed by atoms with E-state index in [0.29, 0.717) is 36.9 Å². The van der Waals surface area contributed by atoms with Crippen LogP contribution >= 0.6 is 0 Å². The maximum absolute atomic E-state index is 14.0. The normalized spacial score (nSPS) is 14.7. The highest BCUT2D eigenvalue weighted by Crippen LogP contribution is 2.29. The standard InChI is InChI=1S/C36H46N4O4S/c1-25(2)28-13-15-29(16-14-28)30-9-6-11-33(23-30)45(43,44)24-32(22-27-8-4-10-31(21-27)35(37)38)36(42)40-19-17-26(18-20-40)7-5-12-34(41)39-3/h4,6,8-11,13-16,21,23,25-26,32H,5,7,12,17-20,22,24H2,1-3H3,(H3,37,38)(H,39,41)/t32-/m1/s1. The van der Waals surface area contributed by atoms with Crippen molar-refractivity contribution in [2.75, 3.05) is 25.9 Å². The third-order valence-corrected chi connectivity index (χ3v) is 10.6. The first-order chi connectivity index (χ1) is 21.5. The molecule has 1 atom stereocenters. The monoisotopic (exact) mass is 630 g/mol. The summed E-state index contributed by atoms with van der Waals surface area (Å²) in [6, 6.07) is 22.2. The van der Waals surface area contributed by atoms with Crippen LogP contribution in [0.1, 0.15) is 68.6 Å². The summed E-state index contributed by atoms with van der Waals surface area (Å²) in [4.78, 5) is 27.6. The number of amidine groups is 1. The van der Waals surface area contributed by atoms with E-state index >= 15 is 0 Å². The van der Waals surface area contributed by atoms with E-state index in [2.05, 4.69) is 31.3 Å². The highest BCUT2D eigenvalue weighted by molar-refractivity contribution is 7.91. The van der Waals surface area contributed by atoms with Crippen LogP contribution < -0.4 is 11.1 Å². The van der Waals surface area contributed by atoms with E-state index < -0.39 is 15.8 Å². The maximum atomic E-state index is 14.0. The number of benzene rings is 3. The molecule has 0 bridgehead atoms. The van der Waals surface area contributed by atoms with Gasteiger partial charge in [0.15, 0.2) is 9.84 Å². The number of hydrogen-bond acceptors (Lipinski definition) is 5. The number of nitrogens with two attached hydrogens (primary N) is 1. The van der Waals surface area contributed by atoms with Gasteiger partial charge in [-0.15, -0.1) is 0 Å². The summed E-state index contributed by atoms with van der Waals surface area (Å²) in [5.74, 6) is -0.495. The molecule has 0 spiro atoms. The van der Waals surface area contributed by atoms with Gasteiger partial charge in [0.2, 0.25) is 11.8 Å². The molecule has 0 aromatic heterocycles. The second-order valence-electron chi connectivity index (χ2n) is 12.4. The number of carbonyl (C=O) groups excluding carboxylic acids is 2. The first kappa shape index (κ1) is 33.9. The fraction of sp³-hybridized carbons (Fsp3) is 0.417. The number of nitrogens with zero attached hydrogens (tertiary/aromatic N) is 1. The van der Waals surface area contributed by atoms with Crippen LogP contribution in [0.25, 0.3) is 11.1 Å². The lowest BCUT2D eigenvalue weighted by Gasteiger charge is -2.34. The lowest BCUT2D eigenvalue weighted by molar-refractivity contribution is -0.136. The van der Waals surface area contributed by atoms with Gasteiger partial charge in [-0.25, -0.2) is 8.42 Å². The van der Waals surface area contributed by atoms with Crippen molar-refractivity contribution in [3.63, 3.8) is 0 Å². The lowest BCUT2D eigenvalue weighted by Crippen LogP contribution is -2.44. The molecular formula is C36H46N4O4S. The predicted octanol–water partition coefficient (Wildman–Crippen LogP) is 5.55. The van der Waals surface area contributed by atoms with Crippen molar-refractivity contribution in [1.29, 1.82) is 5.41 Å². The third-order valence-electron chi connectivity index (χ3n) is 8.82. The topological polar surface area (TPSA) is 133 Å². The van der Waals surface area contributed by atoms with Gasteiger partial charge in [-0.1, -0.05) is 68.4 Å². The minimum absolute atomic E-state index is 0.0371. The number of piperidine rings is 1. The second kappa shape index (κ2) is 15.3. The molecule has 1 heterocycles. The van der Waals surface area contributed by atoms with Gasteiger partial charge in [0, 0.05) is 32.1 Å². The highest BCUT2D eigenvalue weighted by atomic mass is 32.2. The van der Waals surface area contributed by atoms with Crippen LogP contribution in [0.15, 0.2) is 77.7 Å². The molecule has 240 valence electrons. The molecule has 9 heteroatoms. The molecule has 45 heavy (non-hydrogen) atoms. The van der Waals surface area contributed by atoms with Crippen molar-refractivity contribution < 1.29 is 18.0 Å². The highest BCUT2D eigenvalue weighted by Gasteiger charge is 2.32. The Bertz CT molecular complexity index is 1590. The van der Waals surface area contributed by atoms with E-state index in [0.717, 1.165) is 42.4 Å². The van der Waals surface area contributed by atoms with Gasteiger partial charge in [-0.05, 0) is 84.4 Å². The quantitative estimate of drug-likeness (QED) is 0.168. The van der Waals surface area contributed by atoms with Crippen LogP contribution in [0.5, 0.6) is 0 Å². The van der Waals surface area contributed by atoms with Crippen LogP contribution in [0, 0.1) is 17.2 Å². The van der Waals surface area contributed by atoms with Gasteiger partial charge in [-0.3, -0.25) is 15.0 Å². The van der Waals surface area contributed by atoms with Gasteiger partial charge in [-0.2, -0.15) is 0 Å². The van der Waals surface area contributed by atoms with E-state index in [1.54, 1.807) is 48.3 Å². The van der Waals surface area contributed by atoms with Crippen molar-refractivity contribution in [1.82, 2.24) is 10.2 Å². The number of hydrogen-bond donors (Lipinski definition) is 3. The van der Waals surface area contributed by atoms with Gasteiger partial charge in [0.1, 0.15) is 5.84 Å². The van der Waals surface area contributed by atoms with E-state index in [-0.39, 0.29) is 34.7 Å². The molecular weight excluding hydrogens is 584 g/mol. The number of rotatable bonds is 13. The Morgan fingerprint density at radius 3 is 2.31 bits per heavy atom. The Labute approximate surface area is 267 Å². The van der Waals surface area contributed by atoms with E-state index in [1.807, 2.05) is 24.3 Å². The van der Waals surface area contributed by atoms with Gasteiger partial charge >= 0.3 is 0 Å². The summed E-state index contributed by atoms with van der Waals surface area (Å²) in [7, 11) is -2.19. The molecule has 2 amide bonds. The van der Waals surface area contributed by atoms with Crippen LogP contribution in [0.2, 0.25) is 0 Å². The van der Waals surface area contributed by atoms with Crippen LogP contribution in [0.3, 0.4) is 0 Å². The summed E-state index contributed by atoms with van der Waals surface area (Å²) in [6.07, 6.45) is 4.13. The minimum Gasteiger partial charge on any atom is -0.384 e. The summed E-state index contributed by atoms with van der Waals surface area (Å²) in [5, 5.41) is 10.5. The lowest BCUT2D eigenvalue weighted by atomic mass is 9.90. The Morgan fingerprint density at radius 2 is 1.67 bits per heavy atom. The first-order valence-corrected chi connectivity index (χ1v) is 17.5. The molecule has 0 aliphatic carbocycles. The Hall–Kier alpha value is -3.98. The van der Waals surface area contributed by atoms with Crippen LogP contribution in [-0.4, -0.2) is 56.9 Å². The molecule has 8 nitrogen and oxygen atoms in total. The number of amides is 2. The smallest absolute Gasteiger partial charge is 0.227 e. The zero-order valence-electron chi connectivity index (χ0n) is 26.6. The second-order valence-corrected chi connectivity index (χ2v) is 14.5. The van der Waals surface area contributed by atoms with E-state index in [1.165, 1.54) is 5.56 Å². The molecule has 1 saturated heterocycles. The van der Waals surface area contributed by atoms with Crippen LogP contribution in [0.4, 0.5) is 0 Å². The van der Waals surface area contributed by atoms with Gasteiger partial charge < -0.3 is 16.0 Å². The minimum atomic E-state index is -3.83.